The first-order chi connectivity index (χ1) is 8.45. The van der Waals surface area contributed by atoms with E-state index in [1.807, 2.05) is 13.0 Å². The highest BCUT2D eigenvalue weighted by molar-refractivity contribution is 6.34. The highest BCUT2D eigenvalue weighted by atomic mass is 35.5. The molecule has 1 aromatic rings. The molecule has 4 nitrogen and oxygen atoms in total. The summed E-state index contributed by atoms with van der Waals surface area (Å²) in [6, 6.07) is 5.50. The molecule has 0 saturated carbocycles. The lowest BCUT2D eigenvalue weighted by molar-refractivity contribution is 0.0828. The highest BCUT2D eigenvalue weighted by Gasteiger charge is 2.13. The molecule has 1 N–H and O–H groups in total. The van der Waals surface area contributed by atoms with E-state index in [4.69, 9.17) is 16.3 Å². The standard InChI is InChI=1S/C13H19ClN2O2/c1-9(8-18-4)15-10-5-6-12(14)11(7-10)13(17)16(2)3/h5-7,9,15H,8H2,1-4H3. The summed E-state index contributed by atoms with van der Waals surface area (Å²) in [6.07, 6.45) is 0. The SMILES string of the molecule is COCC(C)Nc1ccc(Cl)c(C(=O)N(C)C)c1. The Balaban J connectivity index is 2.90. The third-order valence-corrected chi connectivity index (χ3v) is 2.76. The van der Waals surface area contributed by atoms with Gasteiger partial charge in [0.2, 0.25) is 0 Å². The molecule has 1 amide bonds. The average Bonchev–Trinajstić information content (AvgIpc) is 2.31. The van der Waals surface area contributed by atoms with Gasteiger partial charge < -0.3 is 15.0 Å². The van der Waals surface area contributed by atoms with Crippen LogP contribution in [0.25, 0.3) is 0 Å². The summed E-state index contributed by atoms with van der Waals surface area (Å²) < 4.78 is 5.05. The predicted octanol–water partition coefficient (Wildman–Crippen LogP) is 2.49. The Morgan fingerprint density at radius 2 is 2.17 bits per heavy atom. The fourth-order valence-corrected chi connectivity index (χ4v) is 1.79. The summed E-state index contributed by atoms with van der Waals surface area (Å²) in [5.41, 5.74) is 1.35. The summed E-state index contributed by atoms with van der Waals surface area (Å²) in [5, 5.41) is 3.71. The maximum atomic E-state index is 11.9. The number of nitrogens with zero attached hydrogens (tertiary/aromatic N) is 1. The normalized spacial score (nSPS) is 12.1. The molecule has 1 atom stereocenters. The van der Waals surface area contributed by atoms with Crippen LogP contribution in [-0.4, -0.2) is 44.7 Å². The summed E-state index contributed by atoms with van der Waals surface area (Å²) in [6.45, 7) is 2.60. The molecule has 0 spiro atoms. The smallest absolute Gasteiger partial charge is 0.254 e. The van der Waals surface area contributed by atoms with E-state index in [1.54, 1.807) is 33.3 Å². The van der Waals surface area contributed by atoms with E-state index in [2.05, 4.69) is 5.32 Å². The lowest BCUT2D eigenvalue weighted by atomic mass is 10.1. The van der Waals surface area contributed by atoms with Crippen molar-refractivity contribution < 1.29 is 9.53 Å². The van der Waals surface area contributed by atoms with Crippen molar-refractivity contribution in [1.29, 1.82) is 0 Å². The van der Waals surface area contributed by atoms with Crippen molar-refractivity contribution in [3.05, 3.63) is 28.8 Å². The van der Waals surface area contributed by atoms with E-state index in [0.717, 1.165) is 5.69 Å². The maximum absolute atomic E-state index is 11.9. The minimum atomic E-state index is -0.108. The lowest BCUT2D eigenvalue weighted by Crippen LogP contribution is -2.23. The Kier molecular flexibility index (Phi) is 5.44. The van der Waals surface area contributed by atoms with E-state index in [9.17, 15) is 4.79 Å². The molecule has 0 bridgehead atoms. The van der Waals surface area contributed by atoms with E-state index in [0.29, 0.717) is 17.2 Å². The summed E-state index contributed by atoms with van der Waals surface area (Å²) >= 11 is 6.03. The average molecular weight is 271 g/mol. The van der Waals surface area contributed by atoms with Crippen molar-refractivity contribution in [2.24, 2.45) is 0 Å². The van der Waals surface area contributed by atoms with E-state index < -0.39 is 0 Å². The Labute approximate surface area is 113 Å². The zero-order valence-electron chi connectivity index (χ0n) is 11.2. The number of rotatable bonds is 5. The maximum Gasteiger partial charge on any atom is 0.254 e. The number of nitrogens with one attached hydrogen (secondary N) is 1. The third kappa shape index (κ3) is 3.89. The topological polar surface area (TPSA) is 41.6 Å². The van der Waals surface area contributed by atoms with Crippen LogP contribution in [0, 0.1) is 0 Å². The molecule has 0 aliphatic rings. The van der Waals surface area contributed by atoms with E-state index in [-0.39, 0.29) is 11.9 Å². The van der Waals surface area contributed by atoms with Gasteiger partial charge >= 0.3 is 0 Å². The van der Waals surface area contributed by atoms with Crippen LogP contribution >= 0.6 is 11.6 Å². The minimum Gasteiger partial charge on any atom is -0.383 e. The van der Waals surface area contributed by atoms with Crippen LogP contribution in [0.5, 0.6) is 0 Å². The van der Waals surface area contributed by atoms with Crippen LogP contribution in [-0.2, 0) is 4.74 Å². The molecule has 0 radical (unpaired) electrons. The van der Waals surface area contributed by atoms with Crippen LogP contribution in [0.4, 0.5) is 5.69 Å². The highest BCUT2D eigenvalue weighted by Crippen LogP contribution is 2.22. The Hall–Kier alpha value is -1.26. The van der Waals surface area contributed by atoms with Gasteiger partial charge in [-0.05, 0) is 25.1 Å². The molecule has 0 aliphatic carbocycles. The molecule has 0 aliphatic heterocycles. The molecular weight excluding hydrogens is 252 g/mol. The van der Waals surface area contributed by atoms with Gasteiger partial charge in [-0.3, -0.25) is 4.79 Å². The number of halogens is 1. The summed E-state index contributed by atoms with van der Waals surface area (Å²) in [5.74, 6) is -0.108. The summed E-state index contributed by atoms with van der Waals surface area (Å²) in [7, 11) is 5.06. The Bertz CT molecular complexity index is 421. The van der Waals surface area contributed by atoms with Crippen molar-refractivity contribution in [1.82, 2.24) is 4.90 Å². The van der Waals surface area contributed by atoms with E-state index >= 15 is 0 Å². The Morgan fingerprint density at radius 1 is 1.50 bits per heavy atom. The van der Waals surface area contributed by atoms with Crippen LogP contribution in [0.15, 0.2) is 18.2 Å². The first-order valence-electron chi connectivity index (χ1n) is 5.72. The van der Waals surface area contributed by atoms with Gasteiger partial charge in [-0.2, -0.15) is 0 Å². The van der Waals surface area contributed by atoms with Crippen LogP contribution in [0.2, 0.25) is 5.02 Å². The zero-order chi connectivity index (χ0) is 13.7. The molecule has 0 saturated heterocycles. The molecule has 1 rings (SSSR count). The van der Waals surface area contributed by atoms with Gasteiger partial charge in [-0.15, -0.1) is 0 Å². The molecule has 1 aromatic carbocycles. The fourth-order valence-electron chi connectivity index (χ4n) is 1.60. The van der Waals surface area contributed by atoms with Crippen LogP contribution < -0.4 is 5.32 Å². The lowest BCUT2D eigenvalue weighted by Gasteiger charge is -2.16. The molecule has 0 heterocycles. The Morgan fingerprint density at radius 3 is 2.72 bits per heavy atom. The number of ether oxygens (including phenoxy) is 1. The number of hydrogen-bond acceptors (Lipinski definition) is 3. The molecule has 100 valence electrons. The molecule has 0 aromatic heterocycles. The van der Waals surface area contributed by atoms with Gasteiger partial charge in [0, 0.05) is 32.9 Å². The first kappa shape index (κ1) is 14.8. The monoisotopic (exact) mass is 270 g/mol. The second kappa shape index (κ2) is 6.61. The number of hydrogen-bond donors (Lipinski definition) is 1. The van der Waals surface area contributed by atoms with Crippen molar-refractivity contribution in [3.8, 4) is 0 Å². The first-order valence-corrected chi connectivity index (χ1v) is 6.10. The van der Waals surface area contributed by atoms with Gasteiger partial charge in [0.25, 0.3) is 5.91 Å². The van der Waals surface area contributed by atoms with Crippen LogP contribution in [0.3, 0.4) is 0 Å². The van der Waals surface area contributed by atoms with Crippen molar-refractivity contribution in [2.45, 2.75) is 13.0 Å². The quantitative estimate of drug-likeness (QED) is 0.894. The molecule has 1 unspecified atom stereocenters. The molecule has 5 heteroatoms. The third-order valence-electron chi connectivity index (χ3n) is 2.43. The van der Waals surface area contributed by atoms with Crippen molar-refractivity contribution in [3.63, 3.8) is 0 Å². The van der Waals surface area contributed by atoms with Crippen molar-refractivity contribution in [2.75, 3.05) is 33.1 Å². The van der Waals surface area contributed by atoms with E-state index in [1.165, 1.54) is 4.90 Å². The van der Waals surface area contributed by atoms with Gasteiger partial charge in [-0.1, -0.05) is 11.6 Å². The molecule has 0 fully saturated rings. The largest absolute Gasteiger partial charge is 0.383 e. The summed E-state index contributed by atoms with van der Waals surface area (Å²) in [4.78, 5) is 13.4. The number of carbonyl (C=O) groups is 1. The number of carbonyl (C=O) groups excluding carboxylic acids is 1. The second-order valence-electron chi connectivity index (χ2n) is 4.39. The molecular formula is C13H19ClN2O2. The van der Waals surface area contributed by atoms with Gasteiger partial charge in [-0.25, -0.2) is 0 Å². The van der Waals surface area contributed by atoms with Gasteiger partial charge in [0.05, 0.1) is 17.2 Å². The van der Waals surface area contributed by atoms with Gasteiger partial charge in [0.15, 0.2) is 0 Å². The minimum absolute atomic E-state index is 0.108. The number of benzene rings is 1. The van der Waals surface area contributed by atoms with Gasteiger partial charge in [0.1, 0.15) is 0 Å². The fraction of sp³-hybridized carbons (Fsp3) is 0.462. The predicted molar refractivity (Wildman–Crippen MR) is 74.4 cm³/mol. The number of methoxy groups -OCH3 is 1. The number of amides is 1. The second-order valence-corrected chi connectivity index (χ2v) is 4.80. The van der Waals surface area contributed by atoms with Crippen molar-refractivity contribution >= 4 is 23.2 Å². The number of anilines is 1. The zero-order valence-corrected chi connectivity index (χ0v) is 11.9. The van der Waals surface area contributed by atoms with Crippen LogP contribution in [0.1, 0.15) is 17.3 Å². The molecule has 18 heavy (non-hydrogen) atoms.